The summed E-state index contributed by atoms with van der Waals surface area (Å²) in [4.78, 5) is 78.7. The predicted octanol–water partition coefficient (Wildman–Crippen LogP) is 2.35. The Morgan fingerprint density at radius 2 is 1.55 bits per heavy atom. The number of aldehydes is 1. The minimum absolute atomic E-state index is 0.0428. The number of carboxylic acids is 1. The normalized spacial score (nSPS) is 15.1. The summed E-state index contributed by atoms with van der Waals surface area (Å²) in [6.45, 7) is 0.922. The minimum Gasteiger partial charge on any atom is -0.481 e. The minimum atomic E-state index is -1.55. The Morgan fingerprint density at radius 1 is 0.952 bits per heavy atom. The first-order valence-electron chi connectivity index (χ1n) is 13.1. The summed E-state index contributed by atoms with van der Waals surface area (Å²) >= 11 is 0. The van der Waals surface area contributed by atoms with E-state index in [-0.39, 0.29) is 36.3 Å². The Hall–Kier alpha value is -5.52. The molecule has 0 unspecified atom stereocenters. The van der Waals surface area contributed by atoms with Crippen LogP contribution < -0.4 is 20.5 Å². The van der Waals surface area contributed by atoms with Crippen molar-refractivity contribution in [1.82, 2.24) is 15.6 Å². The molecule has 0 saturated carbocycles. The van der Waals surface area contributed by atoms with Gasteiger partial charge < -0.3 is 20.5 Å². The second kappa shape index (κ2) is 13.2. The van der Waals surface area contributed by atoms with Crippen LogP contribution in [-0.2, 0) is 25.7 Å². The van der Waals surface area contributed by atoms with Gasteiger partial charge in [-0.3, -0.25) is 24.1 Å². The monoisotopic (exact) mass is 571 g/mol. The highest BCUT2D eigenvalue weighted by Crippen LogP contribution is 2.35. The van der Waals surface area contributed by atoms with E-state index in [0.29, 0.717) is 0 Å². The van der Waals surface area contributed by atoms with Crippen molar-refractivity contribution in [2.75, 3.05) is 16.5 Å². The Balaban J connectivity index is 1.79. The molecule has 0 aliphatic carbocycles. The number of hydrogen-bond acceptors (Lipinski definition) is 6. The van der Waals surface area contributed by atoms with E-state index in [1.165, 1.54) is 11.0 Å². The molecule has 1 aliphatic heterocycles. The number of para-hydroxylation sites is 2. The molecule has 0 radical (unpaired) electrons. The van der Waals surface area contributed by atoms with Crippen LogP contribution in [0.1, 0.15) is 29.3 Å². The second-order valence-corrected chi connectivity index (χ2v) is 9.45. The van der Waals surface area contributed by atoms with Gasteiger partial charge in [-0.2, -0.15) is 0 Å². The zero-order valence-electron chi connectivity index (χ0n) is 22.7. The van der Waals surface area contributed by atoms with Crippen molar-refractivity contribution in [2.24, 2.45) is 0 Å². The van der Waals surface area contributed by atoms with Crippen LogP contribution in [0.3, 0.4) is 0 Å². The number of urea groups is 1. The highest BCUT2D eigenvalue weighted by Gasteiger charge is 2.42. The molecular weight excluding hydrogens is 542 g/mol. The zero-order chi connectivity index (χ0) is 30.2. The van der Waals surface area contributed by atoms with E-state index < -0.39 is 48.2 Å². The van der Waals surface area contributed by atoms with Gasteiger partial charge in [0.1, 0.15) is 18.4 Å². The molecule has 0 bridgehead atoms. The summed E-state index contributed by atoms with van der Waals surface area (Å²) in [6.07, 6.45) is -0.518. The number of carbonyl (C=O) groups excluding carboxylic acids is 5. The van der Waals surface area contributed by atoms with Crippen molar-refractivity contribution < 1.29 is 33.9 Å². The van der Waals surface area contributed by atoms with Crippen LogP contribution in [0, 0.1) is 0 Å². The fourth-order valence-corrected chi connectivity index (χ4v) is 4.61. The number of rotatable bonds is 9. The van der Waals surface area contributed by atoms with E-state index in [2.05, 4.69) is 10.6 Å². The topological polar surface area (TPSA) is 156 Å². The van der Waals surface area contributed by atoms with Crippen LogP contribution in [0.5, 0.6) is 0 Å². The van der Waals surface area contributed by atoms with Gasteiger partial charge in [0.15, 0.2) is 0 Å². The Bertz CT molecular complexity index is 1480. The van der Waals surface area contributed by atoms with Crippen LogP contribution >= 0.6 is 0 Å². The average molecular weight is 572 g/mol. The highest BCUT2D eigenvalue weighted by molar-refractivity contribution is 6.10. The molecule has 0 fully saturated rings. The van der Waals surface area contributed by atoms with Crippen molar-refractivity contribution >= 4 is 47.4 Å². The summed E-state index contributed by atoms with van der Waals surface area (Å²) < 4.78 is 0. The van der Waals surface area contributed by atoms with E-state index in [4.69, 9.17) is 0 Å². The molecule has 0 saturated heterocycles. The number of fused-ring (bicyclic) bond motifs is 1. The molecule has 3 N–H and O–H groups in total. The summed E-state index contributed by atoms with van der Waals surface area (Å²) in [5.74, 6) is -3.63. The summed E-state index contributed by atoms with van der Waals surface area (Å²) in [5, 5.41) is 16.5. The molecule has 3 aromatic rings. The van der Waals surface area contributed by atoms with Gasteiger partial charge in [0.25, 0.3) is 11.8 Å². The van der Waals surface area contributed by atoms with E-state index in [1.54, 1.807) is 48.5 Å². The van der Waals surface area contributed by atoms with Crippen LogP contribution in [0.25, 0.3) is 0 Å². The first kappa shape index (κ1) is 29.5. The van der Waals surface area contributed by atoms with Crippen LogP contribution in [-0.4, -0.2) is 64.8 Å². The summed E-state index contributed by atoms with van der Waals surface area (Å²) in [7, 11) is 0. The number of aliphatic carboxylic acids is 1. The van der Waals surface area contributed by atoms with Crippen LogP contribution in [0.4, 0.5) is 16.2 Å². The van der Waals surface area contributed by atoms with E-state index in [1.807, 2.05) is 30.3 Å². The van der Waals surface area contributed by atoms with Gasteiger partial charge in [-0.15, -0.1) is 0 Å². The van der Waals surface area contributed by atoms with Crippen molar-refractivity contribution in [1.29, 1.82) is 0 Å². The smallest absolute Gasteiger partial charge is 0.322 e. The van der Waals surface area contributed by atoms with Crippen LogP contribution in [0.2, 0.25) is 0 Å². The third-order valence-corrected chi connectivity index (χ3v) is 6.54. The maximum Gasteiger partial charge on any atom is 0.322 e. The lowest BCUT2D eigenvalue weighted by Gasteiger charge is -2.38. The maximum absolute atomic E-state index is 14.2. The number of nitrogens with zero attached hydrogens (tertiary/aromatic N) is 3. The number of carbonyl (C=O) groups is 6. The van der Waals surface area contributed by atoms with Crippen molar-refractivity contribution in [2.45, 2.75) is 32.0 Å². The molecule has 0 spiro atoms. The lowest BCUT2D eigenvalue weighted by atomic mass is 10.1. The number of benzene rings is 3. The molecule has 12 nitrogen and oxygen atoms in total. The van der Waals surface area contributed by atoms with Gasteiger partial charge in [-0.1, -0.05) is 60.7 Å². The van der Waals surface area contributed by atoms with Crippen molar-refractivity contribution in [3.63, 3.8) is 0 Å². The van der Waals surface area contributed by atoms with Gasteiger partial charge in [-0.25, -0.2) is 14.8 Å². The number of amides is 5. The highest BCUT2D eigenvalue weighted by atomic mass is 16.4. The van der Waals surface area contributed by atoms with Gasteiger partial charge in [0.05, 0.1) is 24.3 Å². The Morgan fingerprint density at radius 3 is 2.14 bits per heavy atom. The average Bonchev–Trinajstić information content (AvgIpc) is 3.11. The first-order valence-corrected chi connectivity index (χ1v) is 13.1. The number of hydrazine groups is 1. The fourth-order valence-electron chi connectivity index (χ4n) is 4.61. The van der Waals surface area contributed by atoms with Crippen molar-refractivity contribution in [3.8, 4) is 0 Å². The fraction of sp³-hybridized carbons (Fsp3) is 0.200. The summed E-state index contributed by atoms with van der Waals surface area (Å²) in [6, 6.07) is 19.9. The van der Waals surface area contributed by atoms with E-state index in [9.17, 15) is 33.9 Å². The molecule has 1 aliphatic rings. The van der Waals surface area contributed by atoms with E-state index >= 15 is 0 Å². The molecule has 12 heteroatoms. The Kier molecular flexibility index (Phi) is 9.28. The molecule has 4 rings (SSSR count). The standard InChI is InChI=1S/C30H29N5O7/c1-20(37)34(23(19-36)16-27(38)39)35-26-15-9-8-14-25(26)33(30(42)31-17-21-10-4-2-5-11-21)18-24(29(35)41)32-28(40)22-12-6-3-7-13-22/h2-15,19,23-24H,16-18H2,1H3,(H,31,42)(H,32,40)(H,38,39)/t23-,24-/m0/s1. The molecule has 0 aromatic heterocycles. The molecule has 3 aromatic carbocycles. The molecule has 1 heterocycles. The molecule has 216 valence electrons. The largest absolute Gasteiger partial charge is 0.481 e. The number of anilines is 2. The molecular formula is C30H29N5O7. The first-order chi connectivity index (χ1) is 20.2. The maximum atomic E-state index is 14.2. The summed E-state index contributed by atoms with van der Waals surface area (Å²) in [5.41, 5.74) is 1.31. The third kappa shape index (κ3) is 6.61. The van der Waals surface area contributed by atoms with Crippen molar-refractivity contribution in [3.05, 3.63) is 96.1 Å². The number of nitrogens with one attached hydrogen (secondary N) is 2. The van der Waals surface area contributed by atoms with Gasteiger partial charge in [-0.05, 0) is 29.8 Å². The Labute approximate surface area is 241 Å². The zero-order valence-corrected chi connectivity index (χ0v) is 22.7. The lowest BCUT2D eigenvalue weighted by molar-refractivity contribution is -0.145. The number of carboxylic acid groups (broad SMARTS) is 1. The lowest BCUT2D eigenvalue weighted by Crippen LogP contribution is -2.61. The van der Waals surface area contributed by atoms with Gasteiger partial charge in [0.2, 0.25) is 5.91 Å². The third-order valence-electron chi connectivity index (χ3n) is 6.54. The molecule has 42 heavy (non-hydrogen) atoms. The van der Waals surface area contributed by atoms with E-state index in [0.717, 1.165) is 22.5 Å². The van der Waals surface area contributed by atoms with Gasteiger partial charge >= 0.3 is 12.0 Å². The number of hydrogen-bond donors (Lipinski definition) is 3. The molecule has 2 atom stereocenters. The van der Waals surface area contributed by atoms with Crippen LogP contribution in [0.15, 0.2) is 84.9 Å². The second-order valence-electron chi connectivity index (χ2n) is 9.45. The molecule has 5 amide bonds. The predicted molar refractivity (Wildman–Crippen MR) is 152 cm³/mol. The quantitative estimate of drug-likeness (QED) is 0.333. The SMILES string of the molecule is CC(=O)N([C@H](C=O)CC(=O)O)N1C(=O)[C@@H](NC(=O)c2ccccc2)CN(C(=O)NCc2ccccc2)c2ccccc21. The van der Waals surface area contributed by atoms with Gasteiger partial charge in [0, 0.05) is 19.0 Å².